The zero-order valence-corrected chi connectivity index (χ0v) is 8.91. The quantitative estimate of drug-likeness (QED) is 0.701. The average molecular weight is 200 g/mol. The van der Waals surface area contributed by atoms with Crippen molar-refractivity contribution in [1.29, 1.82) is 0 Å². The number of carboxylic acid groups (broad SMARTS) is 1. The molecule has 1 heterocycles. The number of aliphatic carboxylic acids is 1. The third-order valence-electron chi connectivity index (χ3n) is 2.65. The molecule has 14 heavy (non-hydrogen) atoms. The van der Waals surface area contributed by atoms with Crippen LogP contribution in [-0.2, 0) is 4.79 Å². The SMILES string of the molecule is CCCCN1CCN(CC(=O)O)CC1. The van der Waals surface area contributed by atoms with Crippen molar-refractivity contribution in [3.63, 3.8) is 0 Å². The predicted octanol–water partition coefficient (Wildman–Crippen LogP) is 0.489. The maximum atomic E-state index is 10.5. The monoisotopic (exact) mass is 200 g/mol. The van der Waals surface area contributed by atoms with Gasteiger partial charge < -0.3 is 10.0 Å². The summed E-state index contributed by atoms with van der Waals surface area (Å²) in [5.41, 5.74) is 0. The van der Waals surface area contributed by atoms with Gasteiger partial charge in [-0.3, -0.25) is 9.69 Å². The number of rotatable bonds is 5. The highest BCUT2D eigenvalue weighted by Gasteiger charge is 2.17. The molecule has 4 nitrogen and oxygen atoms in total. The summed E-state index contributed by atoms with van der Waals surface area (Å²) in [5.74, 6) is -0.716. The van der Waals surface area contributed by atoms with E-state index >= 15 is 0 Å². The van der Waals surface area contributed by atoms with Gasteiger partial charge in [0.1, 0.15) is 0 Å². The van der Waals surface area contributed by atoms with Crippen LogP contribution in [0.15, 0.2) is 0 Å². The zero-order valence-electron chi connectivity index (χ0n) is 8.91. The van der Waals surface area contributed by atoms with E-state index in [0.717, 1.165) is 32.7 Å². The summed E-state index contributed by atoms with van der Waals surface area (Å²) in [6, 6.07) is 0. The van der Waals surface area contributed by atoms with Crippen LogP contribution in [0.2, 0.25) is 0 Å². The molecule has 0 aromatic heterocycles. The van der Waals surface area contributed by atoms with E-state index in [1.165, 1.54) is 12.8 Å². The molecule has 1 fully saturated rings. The van der Waals surface area contributed by atoms with Gasteiger partial charge in [-0.2, -0.15) is 0 Å². The largest absolute Gasteiger partial charge is 0.480 e. The van der Waals surface area contributed by atoms with E-state index in [4.69, 9.17) is 5.11 Å². The number of carbonyl (C=O) groups is 1. The van der Waals surface area contributed by atoms with Gasteiger partial charge in [0.25, 0.3) is 0 Å². The van der Waals surface area contributed by atoms with E-state index in [9.17, 15) is 4.79 Å². The number of nitrogens with zero attached hydrogens (tertiary/aromatic N) is 2. The Morgan fingerprint density at radius 3 is 2.29 bits per heavy atom. The summed E-state index contributed by atoms with van der Waals surface area (Å²) in [6.07, 6.45) is 2.48. The van der Waals surface area contributed by atoms with Gasteiger partial charge >= 0.3 is 5.97 Å². The molecule has 0 saturated carbocycles. The summed E-state index contributed by atoms with van der Waals surface area (Å²) in [4.78, 5) is 14.9. The van der Waals surface area contributed by atoms with Crippen LogP contribution in [-0.4, -0.2) is 60.1 Å². The van der Waals surface area contributed by atoms with E-state index in [1.807, 2.05) is 4.90 Å². The zero-order chi connectivity index (χ0) is 10.4. The van der Waals surface area contributed by atoms with E-state index in [-0.39, 0.29) is 6.54 Å². The molecular formula is C10H20N2O2. The first kappa shape index (κ1) is 11.5. The third-order valence-corrected chi connectivity index (χ3v) is 2.65. The topological polar surface area (TPSA) is 43.8 Å². The van der Waals surface area contributed by atoms with Crippen LogP contribution < -0.4 is 0 Å². The Morgan fingerprint density at radius 2 is 1.79 bits per heavy atom. The molecule has 0 atom stereocenters. The minimum Gasteiger partial charge on any atom is -0.480 e. The van der Waals surface area contributed by atoms with Crippen LogP contribution in [0.3, 0.4) is 0 Å². The molecule has 1 aliphatic rings. The van der Waals surface area contributed by atoms with Crippen molar-refractivity contribution in [1.82, 2.24) is 9.80 Å². The Kier molecular flexibility index (Phi) is 4.90. The van der Waals surface area contributed by atoms with Gasteiger partial charge in [0.15, 0.2) is 0 Å². The Hall–Kier alpha value is -0.610. The molecular weight excluding hydrogens is 180 g/mol. The highest BCUT2D eigenvalue weighted by atomic mass is 16.4. The standard InChI is InChI=1S/C10H20N2O2/c1-2-3-4-11-5-7-12(8-6-11)9-10(13)14/h2-9H2,1H3,(H,13,14). The van der Waals surface area contributed by atoms with Gasteiger partial charge in [0.2, 0.25) is 0 Å². The fourth-order valence-corrected chi connectivity index (χ4v) is 1.74. The first-order chi connectivity index (χ1) is 6.72. The molecule has 0 amide bonds. The van der Waals surface area contributed by atoms with Crippen LogP contribution in [0.1, 0.15) is 19.8 Å². The molecule has 1 rings (SSSR count). The van der Waals surface area contributed by atoms with E-state index in [2.05, 4.69) is 11.8 Å². The molecule has 0 aromatic carbocycles. The molecule has 0 bridgehead atoms. The molecule has 1 N–H and O–H groups in total. The molecule has 0 radical (unpaired) electrons. The minimum atomic E-state index is -0.716. The second-order valence-corrected chi connectivity index (χ2v) is 3.87. The third kappa shape index (κ3) is 4.07. The fourth-order valence-electron chi connectivity index (χ4n) is 1.74. The molecule has 0 unspecified atom stereocenters. The summed E-state index contributed by atoms with van der Waals surface area (Å²) >= 11 is 0. The van der Waals surface area contributed by atoms with Crippen LogP contribution in [0.25, 0.3) is 0 Å². The molecule has 0 aromatic rings. The van der Waals surface area contributed by atoms with Crippen molar-refractivity contribution in [3.05, 3.63) is 0 Å². The highest BCUT2D eigenvalue weighted by molar-refractivity contribution is 5.69. The first-order valence-corrected chi connectivity index (χ1v) is 5.39. The Balaban J connectivity index is 2.14. The second kappa shape index (κ2) is 5.98. The minimum absolute atomic E-state index is 0.196. The van der Waals surface area contributed by atoms with Gasteiger partial charge in [-0.25, -0.2) is 0 Å². The predicted molar refractivity (Wildman–Crippen MR) is 55.4 cm³/mol. The van der Waals surface area contributed by atoms with Crippen molar-refractivity contribution in [2.75, 3.05) is 39.3 Å². The summed E-state index contributed by atoms with van der Waals surface area (Å²) in [6.45, 7) is 7.40. The van der Waals surface area contributed by atoms with Crippen molar-refractivity contribution < 1.29 is 9.90 Å². The van der Waals surface area contributed by atoms with E-state index in [0.29, 0.717) is 0 Å². The lowest BCUT2D eigenvalue weighted by Gasteiger charge is -2.33. The smallest absolute Gasteiger partial charge is 0.317 e. The lowest BCUT2D eigenvalue weighted by Crippen LogP contribution is -2.48. The van der Waals surface area contributed by atoms with E-state index in [1.54, 1.807) is 0 Å². The van der Waals surface area contributed by atoms with Gasteiger partial charge in [-0.05, 0) is 13.0 Å². The van der Waals surface area contributed by atoms with Crippen LogP contribution in [0.4, 0.5) is 0 Å². The number of hydrogen-bond acceptors (Lipinski definition) is 3. The van der Waals surface area contributed by atoms with Gasteiger partial charge in [-0.1, -0.05) is 13.3 Å². The first-order valence-electron chi connectivity index (χ1n) is 5.39. The van der Waals surface area contributed by atoms with Crippen LogP contribution in [0, 0.1) is 0 Å². The van der Waals surface area contributed by atoms with Gasteiger partial charge in [-0.15, -0.1) is 0 Å². The van der Waals surface area contributed by atoms with Crippen LogP contribution >= 0.6 is 0 Å². The summed E-state index contributed by atoms with van der Waals surface area (Å²) < 4.78 is 0. The summed E-state index contributed by atoms with van der Waals surface area (Å²) in [5, 5.41) is 8.62. The normalized spacial score (nSPS) is 19.8. The maximum absolute atomic E-state index is 10.5. The lowest BCUT2D eigenvalue weighted by atomic mass is 10.2. The molecule has 0 aliphatic carbocycles. The summed E-state index contributed by atoms with van der Waals surface area (Å²) in [7, 11) is 0. The molecule has 1 saturated heterocycles. The second-order valence-electron chi connectivity index (χ2n) is 3.87. The number of unbranched alkanes of at least 4 members (excludes halogenated alkanes) is 1. The number of carboxylic acids is 1. The fraction of sp³-hybridized carbons (Fsp3) is 0.900. The van der Waals surface area contributed by atoms with Crippen molar-refractivity contribution in [3.8, 4) is 0 Å². The Bertz CT molecular complexity index is 177. The highest BCUT2D eigenvalue weighted by Crippen LogP contribution is 2.02. The number of piperazine rings is 1. The lowest BCUT2D eigenvalue weighted by molar-refractivity contribution is -0.138. The van der Waals surface area contributed by atoms with E-state index < -0.39 is 5.97 Å². The maximum Gasteiger partial charge on any atom is 0.317 e. The Morgan fingerprint density at radius 1 is 1.21 bits per heavy atom. The van der Waals surface area contributed by atoms with Crippen molar-refractivity contribution in [2.45, 2.75) is 19.8 Å². The molecule has 0 spiro atoms. The van der Waals surface area contributed by atoms with Crippen molar-refractivity contribution in [2.24, 2.45) is 0 Å². The molecule has 4 heteroatoms. The molecule has 1 aliphatic heterocycles. The average Bonchev–Trinajstić information content (AvgIpc) is 2.16. The van der Waals surface area contributed by atoms with Gasteiger partial charge in [0, 0.05) is 26.2 Å². The Labute approximate surface area is 85.5 Å². The van der Waals surface area contributed by atoms with Crippen molar-refractivity contribution >= 4 is 5.97 Å². The number of hydrogen-bond donors (Lipinski definition) is 1. The van der Waals surface area contributed by atoms with Gasteiger partial charge in [0.05, 0.1) is 6.54 Å². The molecule has 82 valence electrons. The van der Waals surface area contributed by atoms with Crippen LogP contribution in [0.5, 0.6) is 0 Å².